The highest BCUT2D eigenvalue weighted by molar-refractivity contribution is 6.01. The van der Waals surface area contributed by atoms with Crippen molar-refractivity contribution in [1.82, 2.24) is 9.78 Å². The van der Waals surface area contributed by atoms with E-state index >= 15 is 0 Å². The zero-order valence-corrected chi connectivity index (χ0v) is 9.83. The van der Waals surface area contributed by atoms with E-state index in [1.54, 1.807) is 0 Å². The summed E-state index contributed by atoms with van der Waals surface area (Å²) in [6, 6.07) is 0. The molecular weight excluding hydrogens is 249 g/mol. The molecule has 0 spiro atoms. The number of ether oxygens (including phenoxy) is 1. The Hall–Kier alpha value is -1.37. The maximum Gasteiger partial charge on any atom is 0.454 e. The predicted octanol–water partition coefficient (Wildman–Crippen LogP) is 2.06. The fraction of sp³-hybridized carbons (Fsp3) is 0.636. The highest BCUT2D eigenvalue weighted by Crippen LogP contribution is 2.31. The van der Waals surface area contributed by atoms with Gasteiger partial charge < -0.3 is 4.74 Å². The molecule has 0 unspecified atom stereocenters. The van der Waals surface area contributed by atoms with Gasteiger partial charge in [-0.25, -0.2) is 0 Å². The predicted molar refractivity (Wildman–Crippen MR) is 56.4 cm³/mol. The molecule has 1 fully saturated rings. The molecule has 0 radical (unpaired) electrons. The Balaban J connectivity index is 2.33. The van der Waals surface area contributed by atoms with Gasteiger partial charge in [0.1, 0.15) is 0 Å². The summed E-state index contributed by atoms with van der Waals surface area (Å²) < 4.78 is 43.8. The van der Waals surface area contributed by atoms with Gasteiger partial charge in [0.2, 0.25) is 0 Å². The molecule has 0 amide bonds. The molecule has 1 saturated heterocycles. The second kappa shape index (κ2) is 4.72. The molecule has 1 aliphatic heterocycles. The summed E-state index contributed by atoms with van der Waals surface area (Å²) in [5.74, 6) is -1.96. The van der Waals surface area contributed by atoms with Crippen molar-refractivity contribution in [3.05, 3.63) is 17.5 Å². The summed E-state index contributed by atoms with van der Waals surface area (Å²) in [5.41, 5.74) is -0.0972. The van der Waals surface area contributed by atoms with E-state index in [0.717, 1.165) is 6.20 Å². The number of ketones is 1. The Morgan fingerprint density at radius 2 is 2.06 bits per heavy atom. The van der Waals surface area contributed by atoms with Crippen LogP contribution in [-0.4, -0.2) is 35.0 Å². The average molecular weight is 262 g/mol. The Morgan fingerprint density at radius 1 is 1.44 bits per heavy atom. The normalized spacial score (nSPS) is 18.0. The number of nitrogens with zero attached hydrogens (tertiary/aromatic N) is 2. The minimum atomic E-state index is -4.86. The van der Waals surface area contributed by atoms with E-state index in [2.05, 4.69) is 5.10 Å². The largest absolute Gasteiger partial charge is 0.454 e. The monoisotopic (exact) mass is 262 g/mol. The van der Waals surface area contributed by atoms with Gasteiger partial charge in [-0.2, -0.15) is 18.3 Å². The second-order valence-electron chi connectivity index (χ2n) is 4.32. The minimum absolute atomic E-state index is 0.138. The third-order valence-electron chi connectivity index (χ3n) is 2.97. The summed E-state index contributed by atoms with van der Waals surface area (Å²) in [4.78, 5) is 11.3. The van der Waals surface area contributed by atoms with E-state index in [0.29, 0.717) is 26.1 Å². The molecule has 7 heteroatoms. The van der Waals surface area contributed by atoms with E-state index in [9.17, 15) is 18.0 Å². The molecule has 0 aromatic carbocycles. The molecule has 0 bridgehead atoms. The molecule has 18 heavy (non-hydrogen) atoms. The number of alkyl halides is 3. The summed E-state index contributed by atoms with van der Waals surface area (Å²) >= 11 is 0. The molecule has 0 aliphatic carbocycles. The van der Waals surface area contributed by atoms with Crippen LogP contribution in [0.4, 0.5) is 13.2 Å². The molecule has 2 rings (SSSR count). The molecule has 0 N–H and O–H groups in total. The molecular formula is C11H13F3N2O2. The zero-order chi connectivity index (χ0) is 13.3. The van der Waals surface area contributed by atoms with E-state index in [-0.39, 0.29) is 17.2 Å². The first-order chi connectivity index (χ1) is 8.39. The number of carbonyl (C=O) groups is 1. The summed E-state index contributed by atoms with van der Waals surface area (Å²) in [5, 5.41) is 4.01. The van der Waals surface area contributed by atoms with Crippen LogP contribution in [0.5, 0.6) is 0 Å². The first kappa shape index (κ1) is 13.1. The molecule has 4 nitrogen and oxygen atoms in total. The van der Waals surface area contributed by atoms with Crippen molar-refractivity contribution >= 4 is 5.78 Å². The van der Waals surface area contributed by atoms with Crippen LogP contribution in [-0.2, 0) is 11.8 Å². The lowest BCUT2D eigenvalue weighted by molar-refractivity contribution is -0.0886. The van der Waals surface area contributed by atoms with Crippen molar-refractivity contribution in [1.29, 1.82) is 0 Å². The van der Waals surface area contributed by atoms with Gasteiger partial charge in [0.15, 0.2) is 0 Å². The first-order valence-corrected chi connectivity index (χ1v) is 5.62. The number of halogens is 3. The van der Waals surface area contributed by atoms with Crippen molar-refractivity contribution in [2.45, 2.75) is 24.9 Å². The quantitative estimate of drug-likeness (QED) is 0.766. The average Bonchev–Trinajstić information content (AvgIpc) is 2.70. The topological polar surface area (TPSA) is 44.1 Å². The molecule has 1 aromatic rings. The number of aryl methyl sites for hydroxylation is 1. The second-order valence-corrected chi connectivity index (χ2v) is 4.32. The highest BCUT2D eigenvalue weighted by atomic mass is 19.4. The summed E-state index contributed by atoms with van der Waals surface area (Å²) in [6.45, 7) is 0.974. The lowest BCUT2D eigenvalue weighted by atomic mass is 9.93. The molecule has 2 heterocycles. The van der Waals surface area contributed by atoms with Crippen LogP contribution in [0.15, 0.2) is 6.20 Å². The minimum Gasteiger partial charge on any atom is -0.381 e. The Bertz CT molecular complexity index is 448. The summed E-state index contributed by atoms with van der Waals surface area (Å²) in [6.07, 6.45) is -2.53. The van der Waals surface area contributed by atoms with E-state index in [4.69, 9.17) is 4.74 Å². The molecule has 100 valence electrons. The van der Waals surface area contributed by atoms with Crippen LogP contribution in [0.1, 0.15) is 34.8 Å². The van der Waals surface area contributed by atoms with Crippen LogP contribution in [0.2, 0.25) is 0 Å². The van der Waals surface area contributed by atoms with Crippen LogP contribution in [0.25, 0.3) is 0 Å². The molecule has 1 aromatic heterocycles. The van der Waals surface area contributed by atoms with Gasteiger partial charge >= 0.3 is 6.18 Å². The van der Waals surface area contributed by atoms with Crippen molar-refractivity contribution in [2.75, 3.05) is 13.2 Å². The number of hydrogen-bond donors (Lipinski definition) is 0. The SMILES string of the molecule is Cn1cc(C(=O)C(F)(F)F)c(C2CCOCC2)n1. The fourth-order valence-electron chi connectivity index (χ4n) is 2.11. The Morgan fingerprint density at radius 3 is 2.61 bits per heavy atom. The zero-order valence-electron chi connectivity index (χ0n) is 9.83. The van der Waals surface area contributed by atoms with E-state index in [1.807, 2.05) is 0 Å². The third-order valence-corrected chi connectivity index (χ3v) is 2.97. The smallest absolute Gasteiger partial charge is 0.381 e. The van der Waals surface area contributed by atoms with Crippen molar-refractivity contribution in [3.63, 3.8) is 0 Å². The Labute approximate surface area is 102 Å². The number of Topliss-reactive ketones (excluding diaryl/α,β-unsaturated/α-hetero) is 1. The van der Waals surface area contributed by atoms with Gasteiger partial charge in [-0.15, -0.1) is 0 Å². The third kappa shape index (κ3) is 2.55. The maximum atomic E-state index is 12.5. The molecule has 1 aliphatic rings. The first-order valence-electron chi connectivity index (χ1n) is 5.62. The van der Waals surface area contributed by atoms with Gasteiger partial charge in [0, 0.05) is 32.4 Å². The van der Waals surface area contributed by atoms with Crippen LogP contribution in [0.3, 0.4) is 0 Å². The van der Waals surface area contributed by atoms with Crippen molar-refractivity contribution < 1.29 is 22.7 Å². The lowest BCUT2D eigenvalue weighted by Gasteiger charge is -2.21. The van der Waals surface area contributed by atoms with Crippen molar-refractivity contribution in [3.8, 4) is 0 Å². The van der Waals surface area contributed by atoms with Crippen LogP contribution in [0, 0.1) is 0 Å². The molecule has 0 atom stereocenters. The van der Waals surface area contributed by atoms with E-state index in [1.165, 1.54) is 11.7 Å². The number of hydrogen-bond acceptors (Lipinski definition) is 3. The molecule has 0 saturated carbocycles. The Kier molecular flexibility index (Phi) is 3.43. The van der Waals surface area contributed by atoms with Gasteiger partial charge in [-0.3, -0.25) is 9.48 Å². The van der Waals surface area contributed by atoms with Gasteiger partial charge in [-0.1, -0.05) is 0 Å². The number of carbonyl (C=O) groups excluding carboxylic acids is 1. The lowest BCUT2D eigenvalue weighted by Crippen LogP contribution is -2.25. The van der Waals surface area contributed by atoms with Crippen LogP contribution >= 0.6 is 0 Å². The fourth-order valence-corrected chi connectivity index (χ4v) is 2.11. The highest BCUT2D eigenvalue weighted by Gasteiger charge is 2.42. The van der Waals surface area contributed by atoms with Gasteiger partial charge in [-0.05, 0) is 12.8 Å². The maximum absolute atomic E-state index is 12.5. The number of rotatable bonds is 2. The summed E-state index contributed by atoms with van der Waals surface area (Å²) in [7, 11) is 1.51. The standard InChI is InChI=1S/C11H13F3N2O2/c1-16-6-8(10(17)11(12,13)14)9(15-16)7-2-4-18-5-3-7/h6-7H,2-5H2,1H3. The van der Waals surface area contributed by atoms with E-state index < -0.39 is 12.0 Å². The number of aromatic nitrogens is 2. The van der Waals surface area contributed by atoms with Crippen LogP contribution < -0.4 is 0 Å². The van der Waals surface area contributed by atoms with Gasteiger partial charge in [0.05, 0.1) is 11.3 Å². The van der Waals surface area contributed by atoms with Crippen molar-refractivity contribution in [2.24, 2.45) is 7.05 Å². The van der Waals surface area contributed by atoms with Gasteiger partial charge in [0.25, 0.3) is 5.78 Å².